The number of hydrogen-bond acceptors (Lipinski definition) is 3. The van der Waals surface area contributed by atoms with Crippen molar-refractivity contribution in [1.82, 2.24) is 0 Å². The monoisotopic (exact) mass is 228 g/mol. The molecule has 0 fully saturated rings. The molecule has 0 aliphatic rings. The summed E-state index contributed by atoms with van der Waals surface area (Å²) in [5.74, 6) is 0.635. The number of carbonyl (C=O) groups is 1. The Morgan fingerprint density at radius 2 is 2.13 bits per heavy atom. The number of benzene rings is 1. The van der Waals surface area contributed by atoms with Gasteiger partial charge >= 0.3 is 0 Å². The average Bonchev–Trinajstić information content (AvgIpc) is 2.18. The molecule has 0 aliphatic carbocycles. The number of methoxy groups -OCH3 is 1. The van der Waals surface area contributed by atoms with Crippen molar-refractivity contribution < 1.29 is 14.3 Å². The second-order valence-corrected chi connectivity index (χ2v) is 3.35. The first kappa shape index (κ1) is 12.0. The van der Waals surface area contributed by atoms with Crippen molar-refractivity contribution in [3.63, 3.8) is 0 Å². The third kappa shape index (κ3) is 3.53. The predicted octanol–water partition coefficient (Wildman–Crippen LogP) is 2.61. The summed E-state index contributed by atoms with van der Waals surface area (Å²) in [7, 11) is 1.59. The predicted molar refractivity (Wildman–Crippen MR) is 58.5 cm³/mol. The lowest BCUT2D eigenvalue weighted by Gasteiger charge is -2.07. The van der Waals surface area contributed by atoms with Gasteiger partial charge in [-0.15, -0.1) is 0 Å². The van der Waals surface area contributed by atoms with Crippen LogP contribution in [0.15, 0.2) is 18.2 Å². The van der Waals surface area contributed by atoms with E-state index in [0.29, 0.717) is 24.5 Å². The first-order valence-corrected chi connectivity index (χ1v) is 5.00. The van der Waals surface area contributed by atoms with Crippen LogP contribution in [0.3, 0.4) is 0 Å². The van der Waals surface area contributed by atoms with E-state index >= 15 is 0 Å². The zero-order valence-corrected chi connectivity index (χ0v) is 9.50. The van der Waals surface area contributed by atoms with E-state index in [0.717, 1.165) is 5.56 Å². The molecule has 0 spiro atoms. The number of halogens is 1. The summed E-state index contributed by atoms with van der Waals surface area (Å²) in [6.07, 6.45) is 0. The van der Waals surface area contributed by atoms with Gasteiger partial charge in [-0.2, -0.15) is 0 Å². The van der Waals surface area contributed by atoms with E-state index in [-0.39, 0.29) is 0 Å². The highest BCUT2D eigenvalue weighted by Crippen LogP contribution is 2.19. The van der Waals surface area contributed by atoms with Crippen molar-refractivity contribution in [2.75, 3.05) is 13.7 Å². The molecular formula is C11H13ClO3. The van der Waals surface area contributed by atoms with Gasteiger partial charge in [-0.3, -0.25) is 4.79 Å². The molecule has 3 nitrogen and oxygen atoms in total. The molecule has 1 rings (SSSR count). The molecule has 0 amide bonds. The molecule has 15 heavy (non-hydrogen) atoms. The van der Waals surface area contributed by atoms with Gasteiger partial charge in [-0.1, -0.05) is 0 Å². The molecular weight excluding hydrogens is 216 g/mol. The highest BCUT2D eigenvalue weighted by atomic mass is 35.5. The van der Waals surface area contributed by atoms with Crippen LogP contribution in [0.2, 0.25) is 0 Å². The van der Waals surface area contributed by atoms with Crippen LogP contribution in [0.4, 0.5) is 0 Å². The lowest BCUT2D eigenvalue weighted by atomic mass is 10.1. The van der Waals surface area contributed by atoms with Gasteiger partial charge in [-0.05, 0) is 42.3 Å². The molecule has 0 saturated heterocycles. The summed E-state index contributed by atoms with van der Waals surface area (Å²) < 4.78 is 10.3. The maximum atomic E-state index is 11.0. The van der Waals surface area contributed by atoms with Crippen molar-refractivity contribution in [2.45, 2.75) is 13.5 Å². The van der Waals surface area contributed by atoms with Crippen LogP contribution in [0.25, 0.3) is 0 Å². The van der Waals surface area contributed by atoms with Crippen molar-refractivity contribution in [2.24, 2.45) is 0 Å². The lowest BCUT2D eigenvalue weighted by Crippen LogP contribution is -1.98. The fraction of sp³-hybridized carbons (Fsp3) is 0.364. The summed E-state index contributed by atoms with van der Waals surface area (Å²) in [6.45, 7) is 2.86. The SMILES string of the molecule is CCOc1cc(COC)cc(C(=O)Cl)c1. The Morgan fingerprint density at radius 1 is 1.40 bits per heavy atom. The van der Waals surface area contributed by atoms with Crippen molar-refractivity contribution >= 4 is 16.8 Å². The summed E-state index contributed by atoms with van der Waals surface area (Å²) in [5.41, 5.74) is 1.29. The second-order valence-electron chi connectivity index (χ2n) is 3.01. The normalized spacial score (nSPS) is 10.1. The summed E-state index contributed by atoms with van der Waals surface area (Å²) in [6, 6.07) is 5.15. The van der Waals surface area contributed by atoms with Crippen molar-refractivity contribution in [3.8, 4) is 5.75 Å². The minimum absolute atomic E-state index is 0.426. The fourth-order valence-electron chi connectivity index (χ4n) is 1.27. The first-order valence-electron chi connectivity index (χ1n) is 4.63. The number of carbonyl (C=O) groups excluding carboxylic acids is 1. The van der Waals surface area contributed by atoms with Crippen LogP contribution < -0.4 is 4.74 Å². The van der Waals surface area contributed by atoms with Gasteiger partial charge in [0.15, 0.2) is 0 Å². The van der Waals surface area contributed by atoms with Gasteiger partial charge < -0.3 is 9.47 Å². The van der Waals surface area contributed by atoms with Gasteiger partial charge in [0, 0.05) is 12.7 Å². The smallest absolute Gasteiger partial charge is 0.252 e. The van der Waals surface area contributed by atoms with Gasteiger partial charge in [0.2, 0.25) is 0 Å². The molecule has 0 radical (unpaired) electrons. The fourth-order valence-corrected chi connectivity index (χ4v) is 1.38. The van der Waals surface area contributed by atoms with Gasteiger partial charge in [0.05, 0.1) is 13.2 Å². The van der Waals surface area contributed by atoms with Gasteiger partial charge in [0.1, 0.15) is 5.75 Å². The Balaban J connectivity index is 3.02. The summed E-state index contributed by atoms with van der Waals surface area (Å²) >= 11 is 5.41. The lowest BCUT2D eigenvalue weighted by molar-refractivity contribution is 0.108. The second kappa shape index (κ2) is 5.73. The maximum Gasteiger partial charge on any atom is 0.252 e. The molecule has 0 atom stereocenters. The van der Waals surface area contributed by atoms with E-state index in [4.69, 9.17) is 21.1 Å². The van der Waals surface area contributed by atoms with Gasteiger partial charge in [-0.25, -0.2) is 0 Å². The zero-order chi connectivity index (χ0) is 11.3. The third-order valence-corrected chi connectivity index (χ3v) is 2.03. The first-order chi connectivity index (χ1) is 7.17. The van der Waals surface area contributed by atoms with Crippen molar-refractivity contribution in [1.29, 1.82) is 0 Å². The molecule has 0 saturated carbocycles. The van der Waals surface area contributed by atoms with Crippen LogP contribution in [-0.4, -0.2) is 19.0 Å². The Bertz CT molecular complexity index is 325. The van der Waals surface area contributed by atoms with Crippen LogP contribution in [0.1, 0.15) is 22.8 Å². The van der Waals surface area contributed by atoms with E-state index in [1.807, 2.05) is 13.0 Å². The summed E-state index contributed by atoms with van der Waals surface area (Å²) in [5, 5.41) is -0.492. The molecule has 4 heteroatoms. The molecule has 0 bridgehead atoms. The zero-order valence-electron chi connectivity index (χ0n) is 8.75. The molecule has 0 N–H and O–H groups in total. The van der Waals surface area contributed by atoms with E-state index in [1.165, 1.54) is 0 Å². The minimum atomic E-state index is -0.492. The van der Waals surface area contributed by atoms with Crippen molar-refractivity contribution in [3.05, 3.63) is 29.3 Å². The van der Waals surface area contributed by atoms with E-state index in [9.17, 15) is 4.79 Å². The molecule has 82 valence electrons. The third-order valence-electron chi connectivity index (χ3n) is 1.82. The molecule has 0 unspecified atom stereocenters. The molecule has 0 heterocycles. The standard InChI is InChI=1S/C11H13ClO3/c1-3-15-10-5-8(7-14-2)4-9(6-10)11(12)13/h4-6H,3,7H2,1-2H3. The minimum Gasteiger partial charge on any atom is -0.494 e. The average molecular weight is 229 g/mol. The molecule has 0 aromatic heterocycles. The molecule has 1 aromatic carbocycles. The van der Waals surface area contributed by atoms with E-state index in [2.05, 4.69) is 0 Å². The number of hydrogen-bond donors (Lipinski definition) is 0. The number of ether oxygens (including phenoxy) is 2. The topological polar surface area (TPSA) is 35.5 Å². The Hall–Kier alpha value is -1.06. The molecule has 0 aliphatic heterocycles. The highest BCUT2D eigenvalue weighted by molar-refractivity contribution is 6.67. The van der Waals surface area contributed by atoms with Gasteiger partial charge in [0.25, 0.3) is 5.24 Å². The molecule has 1 aromatic rings. The highest BCUT2D eigenvalue weighted by Gasteiger charge is 2.06. The van der Waals surface area contributed by atoms with E-state index < -0.39 is 5.24 Å². The van der Waals surface area contributed by atoms with E-state index in [1.54, 1.807) is 19.2 Å². The van der Waals surface area contributed by atoms with Crippen LogP contribution in [0.5, 0.6) is 5.75 Å². The quantitative estimate of drug-likeness (QED) is 0.727. The summed E-state index contributed by atoms with van der Waals surface area (Å²) in [4.78, 5) is 11.0. The largest absolute Gasteiger partial charge is 0.494 e. The number of rotatable bonds is 5. The van der Waals surface area contributed by atoms with Crippen LogP contribution in [-0.2, 0) is 11.3 Å². The van der Waals surface area contributed by atoms with Crippen LogP contribution >= 0.6 is 11.6 Å². The van der Waals surface area contributed by atoms with Crippen LogP contribution in [0, 0.1) is 0 Å². The Kier molecular flexibility index (Phi) is 4.59. The maximum absolute atomic E-state index is 11.0. The Morgan fingerprint density at radius 3 is 2.67 bits per heavy atom. The Labute approximate surface area is 93.9 Å².